The number of aromatic nitrogens is 1. The maximum Gasteiger partial charge on any atom is 0.239 e. The number of carbonyl (C=O) groups excluding carboxylic acids is 1. The fraction of sp³-hybridized carbons (Fsp3) is 0. The van der Waals surface area contributed by atoms with Gasteiger partial charge in [0.05, 0.1) is 5.02 Å². The first-order valence-electron chi connectivity index (χ1n) is 6.30. The van der Waals surface area contributed by atoms with Crippen LogP contribution in [-0.4, -0.2) is 19.2 Å². The monoisotopic (exact) mass is 334 g/mol. The molecule has 0 unspecified atom stereocenters. The Morgan fingerprint density at radius 1 is 1.05 bits per heavy atom. The summed E-state index contributed by atoms with van der Waals surface area (Å²) < 4.78 is 23.0. The Morgan fingerprint density at radius 2 is 1.73 bits per heavy atom. The summed E-state index contributed by atoms with van der Waals surface area (Å²) in [6.45, 7) is 0. The molecular weight excluding hydrogens is 324 g/mol. The summed E-state index contributed by atoms with van der Waals surface area (Å²) in [4.78, 5) is 15.3. The van der Waals surface area contributed by atoms with Crippen molar-refractivity contribution in [3.05, 3.63) is 64.8 Å². The van der Waals surface area contributed by atoms with Gasteiger partial charge in [0, 0.05) is 28.2 Å². The van der Waals surface area contributed by atoms with Gasteiger partial charge >= 0.3 is 0 Å². The average Bonchev–Trinajstić information content (AvgIpc) is 2.93. The Kier molecular flexibility index (Phi) is 3.52. The summed E-state index contributed by atoms with van der Waals surface area (Å²) in [6.07, 6.45) is 1.78. The molecule has 0 bridgehead atoms. The van der Waals surface area contributed by atoms with Crippen molar-refractivity contribution in [1.82, 2.24) is 4.98 Å². The molecule has 5 nitrogen and oxygen atoms in total. The van der Waals surface area contributed by atoms with Crippen LogP contribution in [0.15, 0.2) is 53.6 Å². The number of sulfonamides is 1. The molecule has 0 atom stereocenters. The van der Waals surface area contributed by atoms with Crippen molar-refractivity contribution >= 4 is 38.3 Å². The van der Waals surface area contributed by atoms with Crippen molar-refractivity contribution < 1.29 is 13.2 Å². The summed E-state index contributed by atoms with van der Waals surface area (Å²) in [6, 6.07) is 11.1. The van der Waals surface area contributed by atoms with Gasteiger partial charge in [0.15, 0.2) is 5.78 Å². The normalized spacial score (nSPS) is 11.7. The molecule has 2 aromatic carbocycles. The van der Waals surface area contributed by atoms with E-state index in [4.69, 9.17) is 16.7 Å². The Morgan fingerprint density at radius 3 is 2.45 bits per heavy atom. The molecule has 0 aliphatic heterocycles. The fourth-order valence-corrected chi connectivity index (χ4v) is 3.30. The smallest absolute Gasteiger partial charge is 0.239 e. The Labute approximate surface area is 131 Å². The van der Waals surface area contributed by atoms with E-state index in [2.05, 4.69) is 4.98 Å². The van der Waals surface area contributed by atoms with E-state index in [1.165, 1.54) is 18.2 Å². The van der Waals surface area contributed by atoms with E-state index in [-0.39, 0.29) is 21.3 Å². The number of H-pyrrole nitrogens is 1. The molecule has 0 fully saturated rings. The lowest BCUT2D eigenvalue weighted by Gasteiger charge is -2.06. The van der Waals surface area contributed by atoms with E-state index in [0.29, 0.717) is 5.56 Å². The lowest BCUT2D eigenvalue weighted by atomic mass is 10.0. The van der Waals surface area contributed by atoms with Crippen LogP contribution in [0.25, 0.3) is 10.9 Å². The molecule has 0 spiro atoms. The quantitative estimate of drug-likeness (QED) is 0.721. The van der Waals surface area contributed by atoms with E-state index >= 15 is 0 Å². The first kappa shape index (κ1) is 14.8. The van der Waals surface area contributed by atoms with Gasteiger partial charge in [0.2, 0.25) is 10.0 Å². The Bertz CT molecular complexity index is 993. The van der Waals surface area contributed by atoms with Gasteiger partial charge in [-0.1, -0.05) is 11.6 Å². The maximum atomic E-state index is 12.5. The number of nitrogens with two attached hydrogens (primary N) is 1. The van der Waals surface area contributed by atoms with Crippen molar-refractivity contribution in [2.45, 2.75) is 4.90 Å². The molecule has 3 aromatic rings. The van der Waals surface area contributed by atoms with E-state index in [9.17, 15) is 13.2 Å². The molecule has 0 saturated carbocycles. The minimum Gasteiger partial charge on any atom is -0.361 e. The van der Waals surface area contributed by atoms with E-state index < -0.39 is 10.0 Å². The van der Waals surface area contributed by atoms with Crippen LogP contribution in [0.5, 0.6) is 0 Å². The van der Waals surface area contributed by atoms with Crippen LogP contribution in [0.3, 0.4) is 0 Å². The molecule has 0 aliphatic carbocycles. The highest BCUT2D eigenvalue weighted by atomic mass is 35.5. The first-order valence-corrected chi connectivity index (χ1v) is 8.23. The standard InChI is InChI=1S/C15H11ClN2O3S/c16-12-3-1-11(8-14(12)22(17,20)21)15(19)10-2-4-13-9(7-10)5-6-18-13/h1-8,18H,(H2,17,20,21). The zero-order chi connectivity index (χ0) is 15.9. The van der Waals surface area contributed by atoms with Gasteiger partial charge in [-0.3, -0.25) is 4.79 Å². The van der Waals surface area contributed by atoms with Crippen molar-refractivity contribution in [3.8, 4) is 0 Å². The van der Waals surface area contributed by atoms with Crippen molar-refractivity contribution in [3.63, 3.8) is 0 Å². The van der Waals surface area contributed by atoms with Crippen molar-refractivity contribution in [2.75, 3.05) is 0 Å². The van der Waals surface area contributed by atoms with E-state index in [0.717, 1.165) is 10.9 Å². The van der Waals surface area contributed by atoms with Crippen LogP contribution < -0.4 is 5.14 Å². The number of rotatable bonds is 3. The van der Waals surface area contributed by atoms with Gasteiger partial charge in [-0.2, -0.15) is 0 Å². The zero-order valence-corrected chi connectivity index (χ0v) is 12.8. The molecule has 0 aliphatic rings. The first-order chi connectivity index (χ1) is 10.4. The number of halogens is 1. The minimum absolute atomic E-state index is 0.0138. The summed E-state index contributed by atoms with van der Waals surface area (Å²) in [7, 11) is -3.99. The van der Waals surface area contributed by atoms with Gasteiger partial charge in [-0.05, 0) is 42.5 Å². The fourth-order valence-electron chi connectivity index (χ4n) is 2.22. The van der Waals surface area contributed by atoms with E-state index in [1.807, 2.05) is 6.07 Å². The Balaban J connectivity index is 2.08. The summed E-state index contributed by atoms with van der Waals surface area (Å²) in [5, 5.41) is 5.98. The second kappa shape index (κ2) is 5.24. The molecule has 0 amide bonds. The second-order valence-corrected chi connectivity index (χ2v) is 6.74. The highest BCUT2D eigenvalue weighted by molar-refractivity contribution is 7.89. The highest BCUT2D eigenvalue weighted by Gasteiger charge is 2.17. The minimum atomic E-state index is -3.99. The molecule has 112 valence electrons. The van der Waals surface area contributed by atoms with Crippen LogP contribution in [0.2, 0.25) is 5.02 Å². The molecule has 3 rings (SSSR count). The van der Waals surface area contributed by atoms with Gasteiger partial charge in [0.25, 0.3) is 0 Å². The molecule has 3 N–H and O–H groups in total. The van der Waals surface area contributed by atoms with Crippen LogP contribution in [-0.2, 0) is 10.0 Å². The number of carbonyl (C=O) groups is 1. The van der Waals surface area contributed by atoms with Crippen molar-refractivity contribution in [1.29, 1.82) is 0 Å². The molecule has 1 heterocycles. The molecule has 22 heavy (non-hydrogen) atoms. The molecule has 7 heteroatoms. The van der Waals surface area contributed by atoms with Crippen LogP contribution in [0, 0.1) is 0 Å². The summed E-state index contributed by atoms with van der Waals surface area (Å²) >= 11 is 5.82. The SMILES string of the molecule is NS(=O)(=O)c1cc(C(=O)c2ccc3[nH]ccc3c2)ccc1Cl. The molecule has 1 aromatic heterocycles. The van der Waals surface area contributed by atoms with Crippen LogP contribution in [0.1, 0.15) is 15.9 Å². The number of primary sulfonamides is 1. The number of fused-ring (bicyclic) bond motifs is 1. The number of benzene rings is 2. The number of hydrogen-bond acceptors (Lipinski definition) is 3. The third kappa shape index (κ3) is 2.64. The molecule has 0 saturated heterocycles. The van der Waals surface area contributed by atoms with Crippen LogP contribution in [0.4, 0.5) is 0 Å². The molecule has 0 radical (unpaired) electrons. The second-order valence-electron chi connectivity index (χ2n) is 4.80. The lowest BCUT2D eigenvalue weighted by Crippen LogP contribution is -2.14. The highest BCUT2D eigenvalue weighted by Crippen LogP contribution is 2.24. The van der Waals surface area contributed by atoms with Crippen molar-refractivity contribution in [2.24, 2.45) is 5.14 Å². The number of ketones is 1. The summed E-state index contributed by atoms with van der Waals surface area (Å²) in [5.41, 5.74) is 1.58. The van der Waals surface area contributed by atoms with Gasteiger partial charge < -0.3 is 4.98 Å². The Hall–Kier alpha value is -2.15. The molecular formula is C15H11ClN2O3S. The topological polar surface area (TPSA) is 93.0 Å². The maximum absolute atomic E-state index is 12.5. The summed E-state index contributed by atoms with van der Waals surface area (Å²) in [5.74, 6) is -0.301. The zero-order valence-electron chi connectivity index (χ0n) is 11.2. The lowest BCUT2D eigenvalue weighted by molar-refractivity contribution is 0.103. The number of hydrogen-bond donors (Lipinski definition) is 2. The predicted molar refractivity (Wildman–Crippen MR) is 84.6 cm³/mol. The predicted octanol–water partition coefficient (Wildman–Crippen LogP) is 2.70. The van der Waals surface area contributed by atoms with Crippen LogP contribution >= 0.6 is 11.6 Å². The number of aromatic amines is 1. The average molecular weight is 335 g/mol. The van der Waals surface area contributed by atoms with Gasteiger partial charge in [0.1, 0.15) is 4.90 Å². The largest absolute Gasteiger partial charge is 0.361 e. The third-order valence-electron chi connectivity index (χ3n) is 3.32. The van der Waals surface area contributed by atoms with Gasteiger partial charge in [-0.25, -0.2) is 13.6 Å². The number of nitrogens with one attached hydrogen (secondary N) is 1. The van der Waals surface area contributed by atoms with E-state index in [1.54, 1.807) is 24.4 Å². The third-order valence-corrected chi connectivity index (χ3v) is 4.71. The van der Waals surface area contributed by atoms with Gasteiger partial charge in [-0.15, -0.1) is 0 Å².